The van der Waals surface area contributed by atoms with Gasteiger partial charge < -0.3 is 4.74 Å². The molecule has 2 rings (SSSR count). The van der Waals surface area contributed by atoms with Crippen molar-refractivity contribution in [1.29, 1.82) is 0 Å². The molecule has 0 unspecified atom stereocenters. The van der Waals surface area contributed by atoms with Crippen LogP contribution in [0.25, 0.3) is 6.08 Å². The van der Waals surface area contributed by atoms with Gasteiger partial charge in [0.1, 0.15) is 5.75 Å². The monoisotopic (exact) mass is 399 g/mol. The molecule has 0 saturated heterocycles. The third kappa shape index (κ3) is 5.57. The van der Waals surface area contributed by atoms with Crippen molar-refractivity contribution in [2.24, 2.45) is 0 Å². The van der Waals surface area contributed by atoms with Crippen LogP contribution in [0.1, 0.15) is 25.0 Å². The van der Waals surface area contributed by atoms with Crippen molar-refractivity contribution in [3.05, 3.63) is 77.4 Å². The van der Waals surface area contributed by atoms with Crippen LogP contribution >= 0.6 is 0 Å². The number of ether oxygens (including phenoxy) is 1. The number of sulfonamides is 1. The van der Waals surface area contributed by atoms with Crippen LogP contribution in [0, 0.1) is 6.92 Å². The minimum absolute atomic E-state index is 0.0235. The molecule has 2 aromatic carbocycles. The minimum atomic E-state index is -3.96. The summed E-state index contributed by atoms with van der Waals surface area (Å²) in [6.07, 6.45) is 4.57. The number of carbonyl (C=O) groups is 1. The number of methoxy groups -OCH3 is 1. The lowest BCUT2D eigenvalue weighted by Crippen LogP contribution is -2.36. The second-order valence-electron chi connectivity index (χ2n) is 6.58. The zero-order chi connectivity index (χ0) is 20.7. The number of aryl methyl sites for hydroxylation is 1. The predicted octanol–water partition coefficient (Wildman–Crippen LogP) is 4.20. The molecule has 28 heavy (non-hydrogen) atoms. The first-order valence-electron chi connectivity index (χ1n) is 8.83. The molecule has 0 atom stereocenters. The summed E-state index contributed by atoms with van der Waals surface area (Å²) < 4.78 is 32.0. The van der Waals surface area contributed by atoms with E-state index in [0.717, 1.165) is 21.0 Å². The smallest absolute Gasteiger partial charge is 0.267 e. The molecule has 0 saturated carbocycles. The Kier molecular flexibility index (Phi) is 7.18. The van der Waals surface area contributed by atoms with E-state index < -0.39 is 15.9 Å². The fourth-order valence-electron chi connectivity index (χ4n) is 2.38. The average molecular weight is 400 g/mol. The Hall–Kier alpha value is -2.86. The maximum atomic E-state index is 13.0. The molecule has 1 amide bonds. The number of hydrogen-bond acceptors (Lipinski definition) is 4. The van der Waals surface area contributed by atoms with Crippen LogP contribution in [0.15, 0.2) is 71.2 Å². The number of hydrogen-bond donors (Lipinski definition) is 0. The SMILES string of the molecule is COc1ccc(/C=C/C(=O)N(CC=C(C)C)S(=O)(=O)c2ccc(C)cc2)cc1. The largest absolute Gasteiger partial charge is 0.497 e. The molecule has 0 N–H and O–H groups in total. The Balaban J connectivity index is 2.32. The van der Waals surface area contributed by atoms with Crippen LogP contribution < -0.4 is 4.74 Å². The summed E-state index contributed by atoms with van der Waals surface area (Å²) in [5.74, 6) is 0.101. The summed E-state index contributed by atoms with van der Waals surface area (Å²) in [4.78, 5) is 12.8. The molecule has 5 nitrogen and oxygen atoms in total. The number of carbonyl (C=O) groups excluding carboxylic acids is 1. The van der Waals surface area contributed by atoms with Crippen molar-refractivity contribution >= 4 is 22.0 Å². The van der Waals surface area contributed by atoms with Crippen LogP contribution in [-0.4, -0.2) is 32.3 Å². The number of nitrogens with zero attached hydrogens (tertiary/aromatic N) is 1. The third-order valence-corrected chi connectivity index (χ3v) is 5.83. The summed E-state index contributed by atoms with van der Waals surface area (Å²) in [7, 11) is -2.39. The summed E-state index contributed by atoms with van der Waals surface area (Å²) in [6, 6.07) is 13.6. The second-order valence-corrected chi connectivity index (χ2v) is 8.44. The van der Waals surface area contributed by atoms with E-state index in [1.165, 1.54) is 18.2 Å². The maximum Gasteiger partial charge on any atom is 0.267 e. The van der Waals surface area contributed by atoms with Gasteiger partial charge >= 0.3 is 0 Å². The zero-order valence-corrected chi connectivity index (χ0v) is 17.4. The van der Waals surface area contributed by atoms with Crippen LogP contribution in [0.5, 0.6) is 5.75 Å². The van der Waals surface area contributed by atoms with Crippen molar-refractivity contribution < 1.29 is 17.9 Å². The highest BCUT2D eigenvalue weighted by Crippen LogP contribution is 2.18. The lowest BCUT2D eigenvalue weighted by atomic mass is 10.2. The molecule has 148 valence electrons. The van der Waals surface area contributed by atoms with Gasteiger partial charge in [-0.1, -0.05) is 41.5 Å². The lowest BCUT2D eigenvalue weighted by Gasteiger charge is -2.20. The summed E-state index contributed by atoms with van der Waals surface area (Å²) >= 11 is 0. The van der Waals surface area contributed by atoms with Gasteiger partial charge in [0.25, 0.3) is 15.9 Å². The number of rotatable bonds is 7. The van der Waals surface area contributed by atoms with Crippen LogP contribution in [0.3, 0.4) is 0 Å². The molecule has 0 aliphatic heterocycles. The van der Waals surface area contributed by atoms with Gasteiger partial charge in [0.2, 0.25) is 0 Å². The fourth-order valence-corrected chi connectivity index (χ4v) is 3.68. The first-order valence-corrected chi connectivity index (χ1v) is 10.3. The predicted molar refractivity (Wildman–Crippen MR) is 112 cm³/mol. The molecule has 0 aliphatic rings. The summed E-state index contributed by atoms with van der Waals surface area (Å²) in [5.41, 5.74) is 2.64. The highest BCUT2D eigenvalue weighted by Gasteiger charge is 2.27. The van der Waals surface area contributed by atoms with Crippen LogP contribution in [-0.2, 0) is 14.8 Å². The van der Waals surface area contributed by atoms with E-state index >= 15 is 0 Å². The first kappa shape index (κ1) is 21.4. The van der Waals surface area contributed by atoms with Gasteiger partial charge in [0, 0.05) is 6.08 Å². The number of amides is 1. The van der Waals surface area contributed by atoms with Gasteiger partial charge in [-0.2, -0.15) is 0 Å². The van der Waals surface area contributed by atoms with E-state index in [1.807, 2.05) is 20.8 Å². The van der Waals surface area contributed by atoms with Gasteiger partial charge in [-0.3, -0.25) is 4.79 Å². The number of benzene rings is 2. The van der Waals surface area contributed by atoms with Gasteiger partial charge in [-0.25, -0.2) is 12.7 Å². The average Bonchev–Trinajstić information content (AvgIpc) is 2.66. The number of allylic oxidation sites excluding steroid dienone is 1. The van der Waals surface area contributed by atoms with Gasteiger partial charge in [-0.15, -0.1) is 0 Å². The van der Waals surface area contributed by atoms with Crippen molar-refractivity contribution in [2.75, 3.05) is 13.7 Å². The van der Waals surface area contributed by atoms with Gasteiger partial charge in [0.05, 0.1) is 18.6 Å². The van der Waals surface area contributed by atoms with E-state index in [1.54, 1.807) is 55.7 Å². The van der Waals surface area contributed by atoms with Crippen molar-refractivity contribution in [3.63, 3.8) is 0 Å². The summed E-state index contributed by atoms with van der Waals surface area (Å²) in [5, 5.41) is 0. The van der Waals surface area contributed by atoms with Crippen molar-refractivity contribution in [2.45, 2.75) is 25.7 Å². The maximum absolute atomic E-state index is 13.0. The van der Waals surface area contributed by atoms with E-state index in [4.69, 9.17) is 4.74 Å². The molecule has 0 bridgehead atoms. The van der Waals surface area contributed by atoms with Gasteiger partial charge in [-0.05, 0) is 56.7 Å². The van der Waals surface area contributed by atoms with E-state index in [-0.39, 0.29) is 11.4 Å². The highest BCUT2D eigenvalue weighted by molar-refractivity contribution is 7.89. The molecule has 0 aromatic heterocycles. The normalized spacial score (nSPS) is 11.3. The quantitative estimate of drug-likeness (QED) is 0.517. The summed E-state index contributed by atoms with van der Waals surface area (Å²) in [6.45, 7) is 5.56. The standard InChI is InChI=1S/C22H25NO4S/c1-17(2)15-16-23(28(25,26)21-12-5-18(3)6-13-21)22(24)14-9-19-7-10-20(27-4)11-8-19/h5-15H,16H2,1-4H3/b14-9+. The Labute approximate surface area is 167 Å². The Morgan fingerprint density at radius 2 is 1.64 bits per heavy atom. The third-order valence-electron chi connectivity index (χ3n) is 4.05. The van der Waals surface area contributed by atoms with Crippen LogP contribution in [0.2, 0.25) is 0 Å². The second kappa shape index (κ2) is 9.37. The van der Waals surface area contributed by atoms with Crippen molar-refractivity contribution in [3.8, 4) is 5.75 Å². The Bertz CT molecular complexity index is 968. The Morgan fingerprint density at radius 1 is 1.04 bits per heavy atom. The lowest BCUT2D eigenvalue weighted by molar-refractivity contribution is -0.121. The minimum Gasteiger partial charge on any atom is -0.497 e. The molecule has 2 aromatic rings. The molecule has 0 radical (unpaired) electrons. The molecule has 0 heterocycles. The topological polar surface area (TPSA) is 63.7 Å². The van der Waals surface area contributed by atoms with Crippen LogP contribution in [0.4, 0.5) is 0 Å². The molecule has 0 spiro atoms. The molecule has 0 fully saturated rings. The highest BCUT2D eigenvalue weighted by atomic mass is 32.2. The fraction of sp³-hybridized carbons (Fsp3) is 0.227. The zero-order valence-electron chi connectivity index (χ0n) is 16.5. The van der Waals surface area contributed by atoms with E-state index in [9.17, 15) is 13.2 Å². The Morgan fingerprint density at radius 3 is 2.18 bits per heavy atom. The molecule has 0 aliphatic carbocycles. The van der Waals surface area contributed by atoms with Crippen molar-refractivity contribution in [1.82, 2.24) is 4.31 Å². The molecular formula is C22H25NO4S. The van der Waals surface area contributed by atoms with E-state index in [0.29, 0.717) is 5.75 Å². The molecule has 6 heteroatoms. The first-order chi connectivity index (χ1) is 13.2. The van der Waals surface area contributed by atoms with E-state index in [2.05, 4.69) is 0 Å². The van der Waals surface area contributed by atoms with Gasteiger partial charge in [0.15, 0.2) is 0 Å². The molecular weight excluding hydrogens is 374 g/mol.